The molecule has 3 N–H and O–H groups in total. The SMILES string of the molecule is CCCCNc1ccc(N)c(C(C)(C)C)c1. The van der Waals surface area contributed by atoms with Crippen LogP contribution in [0.5, 0.6) is 0 Å². The average Bonchev–Trinajstić information content (AvgIpc) is 2.19. The molecule has 16 heavy (non-hydrogen) atoms. The Bertz CT molecular complexity index is 337. The molecule has 0 atom stereocenters. The third-order valence-electron chi connectivity index (χ3n) is 2.72. The van der Waals surface area contributed by atoms with Crippen LogP contribution in [-0.2, 0) is 5.41 Å². The van der Waals surface area contributed by atoms with Crippen molar-refractivity contribution in [3.63, 3.8) is 0 Å². The van der Waals surface area contributed by atoms with Gasteiger partial charge in [0.1, 0.15) is 0 Å². The van der Waals surface area contributed by atoms with Crippen molar-refractivity contribution < 1.29 is 0 Å². The highest BCUT2D eigenvalue weighted by molar-refractivity contribution is 5.59. The molecule has 0 aromatic heterocycles. The van der Waals surface area contributed by atoms with Crippen LogP contribution >= 0.6 is 0 Å². The predicted molar refractivity (Wildman–Crippen MR) is 73.0 cm³/mol. The summed E-state index contributed by atoms with van der Waals surface area (Å²) in [4.78, 5) is 0. The van der Waals surface area contributed by atoms with Gasteiger partial charge >= 0.3 is 0 Å². The van der Waals surface area contributed by atoms with E-state index in [-0.39, 0.29) is 5.41 Å². The average molecular weight is 220 g/mol. The van der Waals surface area contributed by atoms with Crippen LogP contribution in [-0.4, -0.2) is 6.54 Å². The predicted octanol–water partition coefficient (Wildman–Crippen LogP) is 3.78. The van der Waals surface area contributed by atoms with Gasteiger partial charge in [0, 0.05) is 17.9 Å². The van der Waals surface area contributed by atoms with Crippen LogP contribution in [0.3, 0.4) is 0 Å². The summed E-state index contributed by atoms with van der Waals surface area (Å²) < 4.78 is 0. The maximum absolute atomic E-state index is 6.00. The molecule has 1 aromatic carbocycles. The molecule has 0 aliphatic carbocycles. The second-order valence-electron chi connectivity index (χ2n) is 5.33. The first kappa shape index (κ1) is 12.9. The maximum Gasteiger partial charge on any atom is 0.0353 e. The Morgan fingerprint density at radius 3 is 2.50 bits per heavy atom. The number of hydrogen-bond acceptors (Lipinski definition) is 2. The van der Waals surface area contributed by atoms with E-state index in [2.05, 4.69) is 45.1 Å². The number of anilines is 2. The zero-order valence-electron chi connectivity index (χ0n) is 10.9. The fourth-order valence-electron chi connectivity index (χ4n) is 1.73. The molecule has 1 aromatic rings. The number of nitrogen functional groups attached to an aromatic ring is 1. The first-order chi connectivity index (χ1) is 7.45. The summed E-state index contributed by atoms with van der Waals surface area (Å²) in [7, 11) is 0. The van der Waals surface area contributed by atoms with Crippen LogP contribution in [0, 0.1) is 0 Å². The zero-order chi connectivity index (χ0) is 12.2. The summed E-state index contributed by atoms with van der Waals surface area (Å²) >= 11 is 0. The Kier molecular flexibility index (Phi) is 4.22. The third-order valence-corrected chi connectivity index (χ3v) is 2.72. The van der Waals surface area contributed by atoms with E-state index in [0.29, 0.717) is 0 Å². The molecule has 0 saturated carbocycles. The minimum Gasteiger partial charge on any atom is -0.398 e. The van der Waals surface area contributed by atoms with E-state index in [4.69, 9.17) is 5.73 Å². The van der Waals surface area contributed by atoms with E-state index >= 15 is 0 Å². The van der Waals surface area contributed by atoms with Gasteiger partial charge in [-0.25, -0.2) is 0 Å². The first-order valence-electron chi connectivity index (χ1n) is 6.09. The van der Waals surface area contributed by atoms with Gasteiger partial charge in [0.2, 0.25) is 0 Å². The van der Waals surface area contributed by atoms with Crippen molar-refractivity contribution in [2.24, 2.45) is 0 Å². The van der Waals surface area contributed by atoms with Gasteiger partial charge < -0.3 is 11.1 Å². The van der Waals surface area contributed by atoms with Crippen LogP contribution in [0.25, 0.3) is 0 Å². The zero-order valence-corrected chi connectivity index (χ0v) is 10.9. The largest absolute Gasteiger partial charge is 0.398 e. The molecule has 2 nitrogen and oxygen atoms in total. The maximum atomic E-state index is 6.00. The normalized spacial score (nSPS) is 11.5. The van der Waals surface area contributed by atoms with Crippen LogP contribution in [0.4, 0.5) is 11.4 Å². The van der Waals surface area contributed by atoms with Crippen molar-refractivity contribution in [3.8, 4) is 0 Å². The highest BCUT2D eigenvalue weighted by Crippen LogP contribution is 2.30. The lowest BCUT2D eigenvalue weighted by Gasteiger charge is -2.22. The van der Waals surface area contributed by atoms with Crippen molar-refractivity contribution >= 4 is 11.4 Å². The van der Waals surface area contributed by atoms with Gasteiger partial charge in [-0.05, 0) is 35.6 Å². The fraction of sp³-hybridized carbons (Fsp3) is 0.571. The number of nitrogens with two attached hydrogens (primary N) is 1. The van der Waals surface area contributed by atoms with Gasteiger partial charge in [-0.15, -0.1) is 0 Å². The molecular formula is C14H24N2. The van der Waals surface area contributed by atoms with Crippen LogP contribution in [0.15, 0.2) is 18.2 Å². The number of nitrogens with one attached hydrogen (secondary N) is 1. The Labute approximate surface area is 99.2 Å². The van der Waals surface area contributed by atoms with E-state index in [9.17, 15) is 0 Å². The van der Waals surface area contributed by atoms with Gasteiger partial charge in [-0.1, -0.05) is 34.1 Å². The summed E-state index contributed by atoms with van der Waals surface area (Å²) in [5.74, 6) is 0. The molecule has 0 aliphatic rings. The van der Waals surface area contributed by atoms with Crippen LogP contribution in [0.1, 0.15) is 46.1 Å². The second kappa shape index (κ2) is 5.24. The van der Waals surface area contributed by atoms with Gasteiger partial charge in [0.25, 0.3) is 0 Å². The standard InChI is InChI=1S/C14H24N2/c1-5-6-9-16-11-7-8-13(15)12(10-11)14(2,3)4/h7-8,10,16H,5-6,9,15H2,1-4H3. The second-order valence-corrected chi connectivity index (χ2v) is 5.33. The summed E-state index contributed by atoms with van der Waals surface area (Å²) in [6.07, 6.45) is 2.42. The molecule has 0 fully saturated rings. The lowest BCUT2D eigenvalue weighted by Crippen LogP contribution is -2.14. The molecule has 0 heterocycles. The van der Waals surface area contributed by atoms with Crippen LogP contribution < -0.4 is 11.1 Å². The molecule has 0 amide bonds. The van der Waals surface area contributed by atoms with Crippen molar-refractivity contribution in [1.82, 2.24) is 0 Å². The van der Waals surface area contributed by atoms with Crippen molar-refractivity contribution in [3.05, 3.63) is 23.8 Å². The molecular weight excluding hydrogens is 196 g/mol. The lowest BCUT2D eigenvalue weighted by molar-refractivity contribution is 0.593. The molecule has 90 valence electrons. The molecule has 1 rings (SSSR count). The smallest absolute Gasteiger partial charge is 0.0353 e. The van der Waals surface area contributed by atoms with E-state index in [0.717, 1.165) is 12.2 Å². The Morgan fingerprint density at radius 2 is 1.94 bits per heavy atom. The quantitative estimate of drug-likeness (QED) is 0.598. The number of benzene rings is 1. The molecule has 0 aliphatic heterocycles. The molecule has 0 saturated heterocycles. The van der Waals surface area contributed by atoms with Crippen molar-refractivity contribution in [2.45, 2.75) is 46.0 Å². The molecule has 0 radical (unpaired) electrons. The minimum atomic E-state index is 0.104. The molecule has 0 unspecified atom stereocenters. The topological polar surface area (TPSA) is 38.0 Å². The summed E-state index contributed by atoms with van der Waals surface area (Å²) in [5.41, 5.74) is 9.38. The van der Waals surface area contributed by atoms with Gasteiger partial charge in [0.15, 0.2) is 0 Å². The highest BCUT2D eigenvalue weighted by Gasteiger charge is 2.16. The summed E-state index contributed by atoms with van der Waals surface area (Å²) in [5, 5.41) is 3.43. The van der Waals surface area contributed by atoms with Gasteiger partial charge in [-0.3, -0.25) is 0 Å². The van der Waals surface area contributed by atoms with Crippen molar-refractivity contribution in [1.29, 1.82) is 0 Å². The lowest BCUT2D eigenvalue weighted by atomic mass is 9.85. The summed E-state index contributed by atoms with van der Waals surface area (Å²) in [6, 6.07) is 6.22. The number of hydrogen-bond donors (Lipinski definition) is 2. The molecule has 0 spiro atoms. The number of unbranched alkanes of at least 4 members (excludes halogenated alkanes) is 1. The molecule has 2 heteroatoms. The molecule has 0 bridgehead atoms. The van der Waals surface area contributed by atoms with Crippen molar-refractivity contribution in [2.75, 3.05) is 17.6 Å². The van der Waals surface area contributed by atoms with Gasteiger partial charge in [0.05, 0.1) is 0 Å². The highest BCUT2D eigenvalue weighted by atomic mass is 14.9. The summed E-state index contributed by atoms with van der Waals surface area (Å²) in [6.45, 7) is 9.80. The third kappa shape index (κ3) is 3.44. The monoisotopic (exact) mass is 220 g/mol. The fourth-order valence-corrected chi connectivity index (χ4v) is 1.73. The van der Waals surface area contributed by atoms with E-state index in [1.807, 2.05) is 6.07 Å². The van der Waals surface area contributed by atoms with E-state index in [1.54, 1.807) is 0 Å². The Balaban J connectivity index is 2.82. The van der Waals surface area contributed by atoms with Gasteiger partial charge in [-0.2, -0.15) is 0 Å². The van der Waals surface area contributed by atoms with E-state index < -0.39 is 0 Å². The van der Waals surface area contributed by atoms with Crippen LogP contribution in [0.2, 0.25) is 0 Å². The Morgan fingerprint density at radius 1 is 1.25 bits per heavy atom. The first-order valence-corrected chi connectivity index (χ1v) is 6.09. The number of rotatable bonds is 4. The minimum absolute atomic E-state index is 0.104. The van der Waals surface area contributed by atoms with E-state index in [1.165, 1.54) is 24.1 Å². The Hall–Kier alpha value is -1.18.